The Bertz CT molecular complexity index is 724. The van der Waals surface area contributed by atoms with E-state index in [1.54, 1.807) is 0 Å². The van der Waals surface area contributed by atoms with E-state index in [0.717, 1.165) is 30.1 Å². The van der Waals surface area contributed by atoms with Gasteiger partial charge in [0.05, 0.1) is 11.3 Å². The number of likely N-dealkylation sites (tertiary alicyclic amines) is 1. The van der Waals surface area contributed by atoms with Crippen molar-refractivity contribution in [2.24, 2.45) is 0 Å². The number of nitrogens with one attached hydrogen (secondary N) is 1. The number of aryl methyl sites for hydroxylation is 1. The first-order valence-corrected chi connectivity index (χ1v) is 9.05. The Morgan fingerprint density at radius 2 is 2.25 bits per heavy atom. The maximum absolute atomic E-state index is 12.9. The summed E-state index contributed by atoms with van der Waals surface area (Å²) in [6.07, 6.45) is 1.91. The lowest BCUT2D eigenvalue weighted by Crippen LogP contribution is -2.39. The Morgan fingerprint density at radius 3 is 2.92 bits per heavy atom. The van der Waals surface area contributed by atoms with E-state index in [4.69, 9.17) is 4.52 Å². The Labute approximate surface area is 145 Å². The van der Waals surface area contributed by atoms with E-state index in [1.807, 2.05) is 32.7 Å². The van der Waals surface area contributed by atoms with Crippen molar-refractivity contribution in [3.63, 3.8) is 0 Å². The molecule has 1 saturated heterocycles. The fourth-order valence-corrected chi connectivity index (χ4v) is 3.71. The molecule has 1 aliphatic heterocycles. The van der Waals surface area contributed by atoms with Crippen LogP contribution in [0.3, 0.4) is 0 Å². The molecule has 0 spiro atoms. The first-order chi connectivity index (χ1) is 11.5. The molecule has 0 radical (unpaired) electrons. The van der Waals surface area contributed by atoms with E-state index in [1.165, 1.54) is 11.5 Å². The summed E-state index contributed by atoms with van der Waals surface area (Å²) in [5.41, 5.74) is 1.46. The average molecular weight is 349 g/mol. The molecule has 0 aliphatic carbocycles. The van der Waals surface area contributed by atoms with Gasteiger partial charge in [-0.25, -0.2) is 0 Å². The fourth-order valence-electron chi connectivity index (χ4n) is 2.97. The molecule has 8 heteroatoms. The summed E-state index contributed by atoms with van der Waals surface area (Å²) in [4.78, 5) is 19.3. The van der Waals surface area contributed by atoms with Gasteiger partial charge in [-0.1, -0.05) is 19.0 Å². The average Bonchev–Trinajstić information content (AvgIpc) is 3.21. The Balaban J connectivity index is 1.77. The highest BCUT2D eigenvalue weighted by molar-refractivity contribution is 7.10. The van der Waals surface area contributed by atoms with E-state index in [2.05, 4.69) is 19.8 Å². The number of nitrogens with zero attached hydrogens (tertiary/aromatic N) is 4. The largest absolute Gasteiger partial charge is 0.378 e. The molecule has 0 saturated carbocycles. The van der Waals surface area contributed by atoms with Gasteiger partial charge in [0.15, 0.2) is 5.82 Å². The van der Waals surface area contributed by atoms with Crippen molar-refractivity contribution in [1.29, 1.82) is 0 Å². The minimum absolute atomic E-state index is 0.0304. The Morgan fingerprint density at radius 1 is 1.46 bits per heavy atom. The lowest BCUT2D eigenvalue weighted by atomic mass is 9.96. The molecule has 24 heavy (non-hydrogen) atoms. The highest BCUT2D eigenvalue weighted by Gasteiger charge is 2.31. The van der Waals surface area contributed by atoms with Gasteiger partial charge in [-0.2, -0.15) is 9.36 Å². The van der Waals surface area contributed by atoms with E-state index >= 15 is 0 Å². The molecule has 0 unspecified atom stereocenters. The van der Waals surface area contributed by atoms with Crippen LogP contribution in [-0.2, 0) is 0 Å². The lowest BCUT2D eigenvalue weighted by Gasteiger charge is -2.31. The molecule has 1 amide bonds. The number of carbonyl (C=O) groups is 1. The van der Waals surface area contributed by atoms with Gasteiger partial charge in [-0.05, 0) is 31.3 Å². The first-order valence-electron chi connectivity index (χ1n) is 8.28. The van der Waals surface area contributed by atoms with Crippen molar-refractivity contribution >= 4 is 22.4 Å². The van der Waals surface area contributed by atoms with E-state index in [9.17, 15) is 4.79 Å². The molecular formula is C16H23N5O2S. The molecule has 1 aliphatic rings. The third-order valence-electron chi connectivity index (χ3n) is 4.33. The van der Waals surface area contributed by atoms with Crippen molar-refractivity contribution in [2.75, 3.05) is 25.5 Å². The molecule has 1 fully saturated rings. The van der Waals surface area contributed by atoms with Gasteiger partial charge in [0.1, 0.15) is 5.00 Å². The monoisotopic (exact) mass is 349 g/mol. The van der Waals surface area contributed by atoms with Crippen LogP contribution in [0.15, 0.2) is 4.52 Å². The van der Waals surface area contributed by atoms with Gasteiger partial charge >= 0.3 is 0 Å². The van der Waals surface area contributed by atoms with Gasteiger partial charge in [-0.3, -0.25) is 4.79 Å². The molecule has 2 aromatic rings. The second-order valence-electron chi connectivity index (χ2n) is 6.46. The van der Waals surface area contributed by atoms with E-state index < -0.39 is 0 Å². The first kappa shape index (κ1) is 16.9. The van der Waals surface area contributed by atoms with Crippen LogP contribution in [0.25, 0.3) is 0 Å². The van der Waals surface area contributed by atoms with Gasteiger partial charge in [0, 0.05) is 32.0 Å². The summed E-state index contributed by atoms with van der Waals surface area (Å²) >= 11 is 1.32. The summed E-state index contributed by atoms with van der Waals surface area (Å²) in [6.45, 7) is 7.30. The van der Waals surface area contributed by atoms with Crippen LogP contribution in [0.2, 0.25) is 0 Å². The molecule has 3 heterocycles. The lowest BCUT2D eigenvalue weighted by molar-refractivity contribution is 0.0704. The molecule has 0 aromatic carbocycles. The minimum atomic E-state index is 0.0304. The molecule has 0 bridgehead atoms. The van der Waals surface area contributed by atoms with Crippen molar-refractivity contribution in [1.82, 2.24) is 19.4 Å². The van der Waals surface area contributed by atoms with Crippen molar-refractivity contribution in [2.45, 2.75) is 45.4 Å². The van der Waals surface area contributed by atoms with Crippen LogP contribution < -0.4 is 5.32 Å². The number of amides is 1. The number of aromatic nitrogens is 3. The predicted molar refractivity (Wildman–Crippen MR) is 92.7 cm³/mol. The summed E-state index contributed by atoms with van der Waals surface area (Å²) < 4.78 is 9.62. The van der Waals surface area contributed by atoms with Crippen LogP contribution in [0.5, 0.6) is 0 Å². The number of anilines is 1. The summed E-state index contributed by atoms with van der Waals surface area (Å²) in [7, 11) is 1.81. The maximum Gasteiger partial charge on any atom is 0.258 e. The van der Waals surface area contributed by atoms with Crippen LogP contribution in [0.1, 0.15) is 66.3 Å². The molecule has 1 atom stereocenters. The SMILES string of the molecule is CNc1snc(C)c1C(=O)N1CCC[C@@H](c2noc(C(C)C)n2)C1. The number of carbonyl (C=O) groups excluding carboxylic acids is 1. The third kappa shape index (κ3) is 3.15. The second-order valence-corrected chi connectivity index (χ2v) is 7.23. The molecule has 3 rings (SSSR count). The topological polar surface area (TPSA) is 84.2 Å². The zero-order chi connectivity index (χ0) is 17.3. The van der Waals surface area contributed by atoms with Crippen LogP contribution in [-0.4, -0.2) is 45.5 Å². The summed E-state index contributed by atoms with van der Waals surface area (Å²) in [5.74, 6) is 1.74. The molecule has 2 aromatic heterocycles. The van der Waals surface area contributed by atoms with Crippen LogP contribution in [0.4, 0.5) is 5.00 Å². The zero-order valence-electron chi connectivity index (χ0n) is 14.5. The number of piperidine rings is 1. The number of rotatable bonds is 4. The number of hydrogen-bond acceptors (Lipinski definition) is 7. The highest BCUT2D eigenvalue weighted by Crippen LogP contribution is 2.30. The standard InChI is InChI=1S/C16H23N5O2S/c1-9(2)14-18-13(19-23-14)11-6-5-7-21(8-11)16(22)12-10(3)20-24-15(12)17-4/h9,11,17H,5-8H2,1-4H3/t11-/m1/s1. The second kappa shape index (κ2) is 6.88. The fraction of sp³-hybridized carbons (Fsp3) is 0.625. The zero-order valence-corrected chi connectivity index (χ0v) is 15.3. The predicted octanol–water partition coefficient (Wildman–Crippen LogP) is 3.02. The van der Waals surface area contributed by atoms with Gasteiger partial charge in [0.2, 0.25) is 5.89 Å². The van der Waals surface area contributed by atoms with Gasteiger partial charge in [-0.15, -0.1) is 0 Å². The highest BCUT2D eigenvalue weighted by atomic mass is 32.1. The van der Waals surface area contributed by atoms with E-state index in [0.29, 0.717) is 23.8 Å². The van der Waals surface area contributed by atoms with Gasteiger partial charge in [0.25, 0.3) is 5.91 Å². The third-order valence-corrected chi connectivity index (χ3v) is 5.28. The number of hydrogen-bond donors (Lipinski definition) is 1. The Hall–Kier alpha value is -1.96. The molecule has 1 N–H and O–H groups in total. The van der Waals surface area contributed by atoms with E-state index in [-0.39, 0.29) is 17.7 Å². The van der Waals surface area contributed by atoms with Gasteiger partial charge < -0.3 is 14.7 Å². The molecular weight excluding hydrogens is 326 g/mol. The van der Waals surface area contributed by atoms with Crippen molar-refractivity contribution < 1.29 is 9.32 Å². The smallest absolute Gasteiger partial charge is 0.258 e. The Kier molecular flexibility index (Phi) is 4.84. The van der Waals surface area contributed by atoms with Crippen LogP contribution in [0, 0.1) is 6.92 Å². The summed E-state index contributed by atoms with van der Waals surface area (Å²) in [6, 6.07) is 0. The quantitative estimate of drug-likeness (QED) is 0.913. The normalized spacial score (nSPS) is 18.2. The molecule has 130 valence electrons. The van der Waals surface area contributed by atoms with Crippen molar-refractivity contribution in [3.8, 4) is 0 Å². The van der Waals surface area contributed by atoms with Crippen LogP contribution >= 0.6 is 11.5 Å². The maximum atomic E-state index is 12.9. The van der Waals surface area contributed by atoms with Crippen molar-refractivity contribution in [3.05, 3.63) is 23.0 Å². The minimum Gasteiger partial charge on any atom is -0.378 e. The molecule has 7 nitrogen and oxygen atoms in total. The summed E-state index contributed by atoms with van der Waals surface area (Å²) in [5, 5.41) is 8.01.